The number of rotatable bonds is 2. The van der Waals surface area contributed by atoms with Crippen molar-refractivity contribution in [2.24, 2.45) is 0 Å². The monoisotopic (exact) mass is 330 g/mol. The Morgan fingerprint density at radius 2 is 1.38 bits per heavy atom. The van der Waals surface area contributed by atoms with Crippen LogP contribution < -0.4 is 5.69 Å². The second-order valence-electron chi connectivity index (χ2n) is 8.94. The lowest BCUT2D eigenvalue weighted by atomic mass is 9.78. The van der Waals surface area contributed by atoms with E-state index in [1.54, 1.807) is 0 Å². The summed E-state index contributed by atoms with van der Waals surface area (Å²) in [6.45, 7) is 16.6. The predicted molar refractivity (Wildman–Crippen MR) is 100 cm³/mol. The lowest BCUT2D eigenvalue weighted by Gasteiger charge is -2.28. The molecule has 2 rings (SSSR count). The summed E-state index contributed by atoms with van der Waals surface area (Å²) in [5.74, 6) is 0.548. The van der Waals surface area contributed by atoms with Gasteiger partial charge in [0.05, 0.1) is 5.69 Å². The zero-order valence-electron chi connectivity index (χ0n) is 16.1. The van der Waals surface area contributed by atoms with Gasteiger partial charge in [0.15, 0.2) is 0 Å². The van der Waals surface area contributed by atoms with Crippen molar-refractivity contribution in [1.82, 2.24) is 9.97 Å². The van der Waals surface area contributed by atoms with Gasteiger partial charge in [0, 0.05) is 22.4 Å². The average Bonchev–Trinajstić information content (AvgIpc) is 2.78. The summed E-state index contributed by atoms with van der Waals surface area (Å²) in [7, 11) is 0. The molecule has 0 atom stereocenters. The van der Waals surface area contributed by atoms with Gasteiger partial charge in [0.2, 0.25) is 0 Å². The smallest absolute Gasteiger partial charge is 0.323 e. The Morgan fingerprint density at radius 1 is 0.917 bits per heavy atom. The molecule has 0 saturated carbocycles. The van der Waals surface area contributed by atoms with E-state index in [0.29, 0.717) is 5.75 Å². The molecule has 0 aliphatic rings. The van der Waals surface area contributed by atoms with Crippen LogP contribution in [-0.4, -0.2) is 15.1 Å². The van der Waals surface area contributed by atoms with Gasteiger partial charge in [-0.1, -0.05) is 55.4 Å². The lowest BCUT2D eigenvalue weighted by molar-refractivity contribution is 0.423. The van der Waals surface area contributed by atoms with Crippen LogP contribution in [0.4, 0.5) is 0 Å². The molecule has 0 radical (unpaired) electrons. The first-order valence-electron chi connectivity index (χ1n) is 8.53. The van der Waals surface area contributed by atoms with Crippen LogP contribution in [0.5, 0.6) is 5.75 Å². The van der Waals surface area contributed by atoms with Crippen molar-refractivity contribution in [3.8, 4) is 17.0 Å². The number of aromatic nitrogens is 2. The Kier molecular flexibility index (Phi) is 4.47. The number of imidazole rings is 1. The van der Waals surface area contributed by atoms with Gasteiger partial charge in [0.1, 0.15) is 5.75 Å². The standard InChI is InChI=1S/C20H30N2O2/c1-11(2)15-16(22-18(24)21-15)12-9-13(19(3,4)5)17(23)14(10-12)20(6,7)8/h9-11,23H,1-8H3,(H2,21,22,24). The summed E-state index contributed by atoms with van der Waals surface area (Å²) in [5, 5.41) is 10.8. The van der Waals surface area contributed by atoms with E-state index in [9.17, 15) is 9.90 Å². The minimum atomic E-state index is -0.200. The maximum Gasteiger partial charge on any atom is 0.323 e. The highest BCUT2D eigenvalue weighted by Gasteiger charge is 2.27. The Morgan fingerprint density at radius 3 is 1.75 bits per heavy atom. The molecule has 0 aliphatic carbocycles. The van der Waals surface area contributed by atoms with Gasteiger partial charge in [-0.3, -0.25) is 0 Å². The number of hydrogen-bond acceptors (Lipinski definition) is 2. The van der Waals surface area contributed by atoms with E-state index >= 15 is 0 Å². The first-order chi connectivity index (χ1) is 10.8. The molecule has 0 unspecified atom stereocenters. The van der Waals surface area contributed by atoms with E-state index in [0.717, 1.165) is 28.1 Å². The van der Waals surface area contributed by atoms with Crippen LogP contribution >= 0.6 is 0 Å². The molecule has 4 nitrogen and oxygen atoms in total. The summed E-state index contributed by atoms with van der Waals surface area (Å²) >= 11 is 0. The van der Waals surface area contributed by atoms with Crippen LogP contribution in [-0.2, 0) is 10.8 Å². The molecule has 0 saturated heterocycles. The maximum absolute atomic E-state index is 11.9. The van der Waals surface area contributed by atoms with Gasteiger partial charge in [-0.15, -0.1) is 0 Å². The van der Waals surface area contributed by atoms with Gasteiger partial charge in [-0.2, -0.15) is 0 Å². The summed E-state index contributed by atoms with van der Waals surface area (Å²) in [6, 6.07) is 3.99. The Balaban J connectivity index is 2.84. The topological polar surface area (TPSA) is 68.9 Å². The second kappa shape index (κ2) is 5.83. The second-order valence-corrected chi connectivity index (χ2v) is 8.94. The van der Waals surface area contributed by atoms with E-state index in [4.69, 9.17) is 0 Å². The first-order valence-corrected chi connectivity index (χ1v) is 8.53. The number of aromatic amines is 2. The molecule has 0 fully saturated rings. The fraction of sp³-hybridized carbons (Fsp3) is 0.550. The van der Waals surface area contributed by atoms with Crippen molar-refractivity contribution in [3.05, 3.63) is 39.4 Å². The number of phenolic OH excluding ortho intramolecular Hbond substituents is 1. The van der Waals surface area contributed by atoms with Crippen molar-refractivity contribution in [2.45, 2.75) is 72.1 Å². The molecule has 1 heterocycles. The summed E-state index contributed by atoms with van der Waals surface area (Å²) in [5.41, 5.74) is 3.82. The van der Waals surface area contributed by atoms with E-state index in [1.165, 1.54) is 0 Å². The van der Waals surface area contributed by atoms with E-state index in [1.807, 2.05) is 12.1 Å². The largest absolute Gasteiger partial charge is 0.507 e. The predicted octanol–water partition coefficient (Wildman–Crippen LogP) is 4.79. The van der Waals surface area contributed by atoms with Gasteiger partial charge in [0.25, 0.3) is 0 Å². The lowest BCUT2D eigenvalue weighted by Crippen LogP contribution is -2.17. The number of hydrogen-bond donors (Lipinski definition) is 3. The third-order valence-corrected chi connectivity index (χ3v) is 4.35. The highest BCUT2D eigenvalue weighted by molar-refractivity contribution is 5.68. The SMILES string of the molecule is CC(C)c1[nH]c(=O)[nH]c1-c1cc(C(C)(C)C)c(O)c(C(C)(C)C)c1. The van der Waals surface area contributed by atoms with Crippen LogP contribution in [0.2, 0.25) is 0 Å². The molecule has 24 heavy (non-hydrogen) atoms. The third kappa shape index (κ3) is 3.42. The van der Waals surface area contributed by atoms with Crippen LogP contribution in [0.25, 0.3) is 11.3 Å². The molecular formula is C20H30N2O2. The highest BCUT2D eigenvalue weighted by atomic mass is 16.3. The van der Waals surface area contributed by atoms with Crippen LogP contribution in [0.3, 0.4) is 0 Å². The summed E-state index contributed by atoms with van der Waals surface area (Å²) < 4.78 is 0. The molecule has 1 aromatic heterocycles. The van der Waals surface area contributed by atoms with Crippen molar-refractivity contribution >= 4 is 0 Å². The average molecular weight is 330 g/mol. The minimum Gasteiger partial charge on any atom is -0.507 e. The van der Waals surface area contributed by atoms with Crippen LogP contribution in [0.1, 0.15) is 78.1 Å². The van der Waals surface area contributed by atoms with E-state index in [2.05, 4.69) is 65.4 Å². The summed E-state index contributed by atoms with van der Waals surface area (Å²) in [6.07, 6.45) is 0. The molecule has 3 N–H and O–H groups in total. The Hall–Kier alpha value is -1.97. The van der Waals surface area contributed by atoms with E-state index < -0.39 is 0 Å². The molecule has 1 aromatic carbocycles. The molecule has 0 spiro atoms. The molecule has 2 aromatic rings. The van der Waals surface area contributed by atoms with Crippen molar-refractivity contribution in [1.29, 1.82) is 0 Å². The molecule has 0 amide bonds. The third-order valence-electron chi connectivity index (χ3n) is 4.35. The normalized spacial score (nSPS) is 12.9. The van der Waals surface area contributed by atoms with Crippen LogP contribution in [0.15, 0.2) is 16.9 Å². The molecular weight excluding hydrogens is 300 g/mol. The zero-order chi connectivity index (χ0) is 18.4. The highest BCUT2D eigenvalue weighted by Crippen LogP contribution is 2.42. The number of phenols is 1. The Bertz CT molecular complexity index is 761. The molecule has 132 valence electrons. The summed E-state index contributed by atoms with van der Waals surface area (Å²) in [4.78, 5) is 17.7. The van der Waals surface area contributed by atoms with Crippen molar-refractivity contribution < 1.29 is 5.11 Å². The maximum atomic E-state index is 11.9. The van der Waals surface area contributed by atoms with E-state index in [-0.39, 0.29) is 22.4 Å². The zero-order valence-corrected chi connectivity index (χ0v) is 16.1. The quantitative estimate of drug-likeness (QED) is 0.740. The number of nitrogens with one attached hydrogen (secondary N) is 2. The van der Waals surface area contributed by atoms with Gasteiger partial charge in [-0.25, -0.2) is 4.79 Å². The van der Waals surface area contributed by atoms with Crippen LogP contribution in [0, 0.1) is 0 Å². The fourth-order valence-electron chi connectivity index (χ4n) is 2.98. The van der Waals surface area contributed by atoms with Gasteiger partial charge in [-0.05, 0) is 28.9 Å². The Labute approximate surface area is 144 Å². The molecule has 4 heteroatoms. The van der Waals surface area contributed by atoms with Gasteiger partial charge < -0.3 is 15.1 Å². The van der Waals surface area contributed by atoms with Crippen molar-refractivity contribution in [3.63, 3.8) is 0 Å². The van der Waals surface area contributed by atoms with Gasteiger partial charge >= 0.3 is 5.69 Å². The molecule has 0 bridgehead atoms. The number of benzene rings is 1. The van der Waals surface area contributed by atoms with Crippen molar-refractivity contribution in [2.75, 3.05) is 0 Å². The number of H-pyrrole nitrogens is 2. The number of aromatic hydroxyl groups is 1. The minimum absolute atomic E-state index is 0.198. The first kappa shape index (κ1) is 18.4. The fourth-order valence-corrected chi connectivity index (χ4v) is 2.98. The molecule has 0 aliphatic heterocycles.